The molecule has 0 aliphatic carbocycles. The van der Waals surface area contributed by atoms with E-state index in [1.54, 1.807) is 41.4 Å². The highest BCUT2D eigenvalue weighted by Crippen LogP contribution is 2.39. The fourth-order valence-electron chi connectivity index (χ4n) is 6.05. The maximum Gasteiger partial charge on any atom is 0.291 e. The number of carbonyl (C=O) groups is 2. The van der Waals surface area contributed by atoms with Gasteiger partial charge < -0.3 is 9.80 Å². The molecule has 42 heavy (non-hydrogen) atoms. The minimum absolute atomic E-state index is 0.0758. The van der Waals surface area contributed by atoms with Gasteiger partial charge in [0.25, 0.3) is 5.91 Å². The molecule has 6 nitrogen and oxygen atoms in total. The van der Waals surface area contributed by atoms with Crippen molar-refractivity contribution in [3.05, 3.63) is 105 Å². The number of carbonyl (C=O) groups excluding carboxylic acids is 2. The number of aromatic nitrogens is 2. The molecule has 3 aromatic carbocycles. The van der Waals surface area contributed by atoms with Crippen LogP contribution in [0.3, 0.4) is 0 Å². The number of amides is 2. The van der Waals surface area contributed by atoms with E-state index < -0.39 is 5.41 Å². The monoisotopic (exact) mass is 618 g/mol. The molecule has 4 aromatic rings. The van der Waals surface area contributed by atoms with Crippen LogP contribution >= 0.6 is 34.8 Å². The number of benzene rings is 3. The average molecular weight is 620 g/mol. The predicted octanol–water partition coefficient (Wildman–Crippen LogP) is 7.57. The van der Waals surface area contributed by atoms with Gasteiger partial charge in [0, 0.05) is 53.5 Å². The summed E-state index contributed by atoms with van der Waals surface area (Å²) in [6.07, 6.45) is 4.79. The zero-order valence-corrected chi connectivity index (χ0v) is 25.2. The maximum absolute atomic E-state index is 13.9. The Balaban J connectivity index is 1.31. The lowest BCUT2D eigenvalue weighted by atomic mass is 9.71. The molecule has 2 saturated heterocycles. The summed E-state index contributed by atoms with van der Waals surface area (Å²) < 4.78 is 0. The van der Waals surface area contributed by atoms with Gasteiger partial charge in [-0.3, -0.25) is 9.59 Å². The van der Waals surface area contributed by atoms with Gasteiger partial charge in [-0.15, -0.1) is 0 Å². The van der Waals surface area contributed by atoms with Gasteiger partial charge >= 0.3 is 0 Å². The molecule has 2 fully saturated rings. The van der Waals surface area contributed by atoms with Crippen LogP contribution in [0.2, 0.25) is 15.1 Å². The Labute approximate surface area is 260 Å². The molecule has 0 unspecified atom stereocenters. The van der Waals surface area contributed by atoms with Crippen LogP contribution in [0.15, 0.2) is 79.0 Å². The van der Waals surface area contributed by atoms with Gasteiger partial charge in [0.05, 0.1) is 16.1 Å². The first-order chi connectivity index (χ1) is 20.4. The first kappa shape index (κ1) is 28.7. The normalized spacial score (nSPS) is 16.5. The molecule has 2 aliphatic heterocycles. The van der Waals surface area contributed by atoms with Crippen LogP contribution in [-0.4, -0.2) is 57.8 Å². The summed E-state index contributed by atoms with van der Waals surface area (Å²) in [5, 5.41) is 1.53. The summed E-state index contributed by atoms with van der Waals surface area (Å²) in [5.74, 6) is -0.0346. The first-order valence-corrected chi connectivity index (χ1v) is 15.2. The number of hydrogen-bond donors (Lipinski definition) is 0. The third kappa shape index (κ3) is 5.51. The maximum atomic E-state index is 13.9. The fraction of sp³-hybridized carbons (Fsp3) is 0.273. The van der Waals surface area contributed by atoms with Crippen molar-refractivity contribution in [3.8, 4) is 22.4 Å². The molecule has 6 rings (SSSR count). The van der Waals surface area contributed by atoms with Crippen LogP contribution in [0.5, 0.6) is 0 Å². The van der Waals surface area contributed by atoms with E-state index in [0.717, 1.165) is 37.1 Å². The fourth-order valence-corrected chi connectivity index (χ4v) is 6.68. The number of piperidine rings is 1. The molecular weight excluding hydrogens is 591 g/mol. The Morgan fingerprint density at radius 3 is 2.07 bits per heavy atom. The van der Waals surface area contributed by atoms with Crippen LogP contribution in [0, 0.1) is 0 Å². The molecule has 0 atom stereocenters. The Hall–Kier alpha value is -3.45. The largest absolute Gasteiger partial charge is 0.342 e. The number of likely N-dealkylation sites (tertiary alicyclic amines) is 2. The minimum atomic E-state index is -0.649. The van der Waals surface area contributed by atoms with E-state index in [1.165, 1.54) is 0 Å². The molecular formula is C33H29Cl3N4O2. The quantitative estimate of drug-likeness (QED) is 0.231. The van der Waals surface area contributed by atoms with E-state index >= 15 is 0 Å². The highest BCUT2D eigenvalue weighted by molar-refractivity contribution is 6.36. The lowest BCUT2D eigenvalue weighted by Gasteiger charge is -2.42. The summed E-state index contributed by atoms with van der Waals surface area (Å²) in [6, 6.07) is 22.5. The van der Waals surface area contributed by atoms with Gasteiger partial charge in [0.15, 0.2) is 0 Å². The summed E-state index contributed by atoms with van der Waals surface area (Å²) in [7, 11) is 0. The molecule has 1 aromatic heterocycles. The van der Waals surface area contributed by atoms with E-state index in [-0.39, 0.29) is 17.6 Å². The SMILES string of the molecule is O=C(c1ncc(-c2ccc(Cl)cc2)c(-c2ccc(Cl)cc2Cl)n1)N1CCC(C(=O)N2CCCC2)(c2ccccc2)CC1. The topological polar surface area (TPSA) is 66.4 Å². The zero-order valence-electron chi connectivity index (χ0n) is 22.9. The van der Waals surface area contributed by atoms with Crippen molar-refractivity contribution >= 4 is 46.6 Å². The van der Waals surface area contributed by atoms with Crippen molar-refractivity contribution in [2.24, 2.45) is 0 Å². The number of halogens is 3. The molecule has 2 aliphatic rings. The number of rotatable bonds is 5. The minimum Gasteiger partial charge on any atom is -0.342 e. The molecule has 0 bridgehead atoms. The molecule has 2 amide bonds. The van der Waals surface area contributed by atoms with Gasteiger partial charge in [-0.25, -0.2) is 9.97 Å². The summed E-state index contributed by atoms with van der Waals surface area (Å²) in [4.78, 5) is 40.7. The molecule has 0 N–H and O–H groups in total. The molecule has 0 radical (unpaired) electrons. The van der Waals surface area contributed by atoms with Crippen molar-refractivity contribution < 1.29 is 9.59 Å². The highest BCUT2D eigenvalue weighted by Gasteiger charge is 2.46. The van der Waals surface area contributed by atoms with Crippen LogP contribution in [0.1, 0.15) is 41.9 Å². The number of hydrogen-bond acceptors (Lipinski definition) is 4. The van der Waals surface area contributed by atoms with Crippen molar-refractivity contribution in [1.29, 1.82) is 0 Å². The lowest BCUT2D eigenvalue weighted by Crippen LogP contribution is -2.53. The van der Waals surface area contributed by atoms with Crippen LogP contribution < -0.4 is 0 Å². The molecule has 0 saturated carbocycles. The van der Waals surface area contributed by atoms with Crippen LogP contribution in [0.4, 0.5) is 0 Å². The first-order valence-electron chi connectivity index (χ1n) is 14.1. The molecule has 3 heterocycles. The smallest absolute Gasteiger partial charge is 0.291 e. The Morgan fingerprint density at radius 1 is 0.738 bits per heavy atom. The van der Waals surface area contributed by atoms with Gasteiger partial charge in [-0.05, 0) is 67.1 Å². The standard InChI is InChI=1S/C33H29Cl3N4O2/c34-24-10-8-22(9-11-24)27-21-37-30(38-29(27)26-13-12-25(35)20-28(26)36)31(41)39-18-14-33(15-19-39,23-6-2-1-3-7-23)32(42)40-16-4-5-17-40/h1-3,6-13,20-21H,4-5,14-19H2. The van der Waals surface area contributed by atoms with Crippen LogP contribution in [0.25, 0.3) is 22.4 Å². The van der Waals surface area contributed by atoms with Crippen molar-refractivity contribution in [2.75, 3.05) is 26.2 Å². The zero-order chi connectivity index (χ0) is 29.3. The Bertz CT molecular complexity index is 1610. The second-order valence-electron chi connectivity index (χ2n) is 10.8. The predicted molar refractivity (Wildman–Crippen MR) is 167 cm³/mol. The molecule has 9 heteroatoms. The lowest BCUT2D eigenvalue weighted by molar-refractivity contribution is -0.138. The second-order valence-corrected chi connectivity index (χ2v) is 12.1. The van der Waals surface area contributed by atoms with Crippen LogP contribution in [-0.2, 0) is 10.2 Å². The van der Waals surface area contributed by atoms with E-state index in [9.17, 15) is 9.59 Å². The molecule has 0 spiro atoms. The van der Waals surface area contributed by atoms with E-state index in [4.69, 9.17) is 39.8 Å². The molecule has 214 valence electrons. The van der Waals surface area contributed by atoms with Gasteiger partial charge in [-0.1, -0.05) is 77.3 Å². The Morgan fingerprint density at radius 2 is 1.40 bits per heavy atom. The highest BCUT2D eigenvalue weighted by atomic mass is 35.5. The second kappa shape index (κ2) is 12.0. The van der Waals surface area contributed by atoms with Crippen molar-refractivity contribution in [2.45, 2.75) is 31.1 Å². The van der Waals surface area contributed by atoms with Gasteiger partial charge in [0.1, 0.15) is 0 Å². The van der Waals surface area contributed by atoms with Crippen molar-refractivity contribution in [1.82, 2.24) is 19.8 Å². The third-order valence-corrected chi connectivity index (χ3v) is 9.15. The average Bonchev–Trinajstić information content (AvgIpc) is 3.56. The van der Waals surface area contributed by atoms with E-state index in [0.29, 0.717) is 57.8 Å². The summed E-state index contributed by atoms with van der Waals surface area (Å²) in [5.41, 5.74) is 3.08. The summed E-state index contributed by atoms with van der Waals surface area (Å²) >= 11 is 18.9. The Kier molecular flexibility index (Phi) is 8.22. The van der Waals surface area contributed by atoms with Gasteiger partial charge in [-0.2, -0.15) is 0 Å². The number of nitrogens with zero attached hydrogens (tertiary/aromatic N) is 4. The van der Waals surface area contributed by atoms with E-state index in [1.807, 2.05) is 47.4 Å². The summed E-state index contributed by atoms with van der Waals surface area (Å²) in [6.45, 7) is 2.43. The van der Waals surface area contributed by atoms with Gasteiger partial charge in [0.2, 0.25) is 11.7 Å². The third-order valence-electron chi connectivity index (χ3n) is 8.35. The van der Waals surface area contributed by atoms with Crippen molar-refractivity contribution in [3.63, 3.8) is 0 Å². The van der Waals surface area contributed by atoms with E-state index in [2.05, 4.69) is 4.98 Å².